The Morgan fingerprint density at radius 2 is 0.722 bits per heavy atom. The Labute approximate surface area is 434 Å². The molecule has 424 valence electrons. The van der Waals surface area contributed by atoms with Crippen molar-refractivity contribution in [1.82, 2.24) is 0 Å². The number of esters is 4. The summed E-state index contributed by atoms with van der Waals surface area (Å²) in [6, 6.07) is 0. The lowest BCUT2D eigenvalue weighted by molar-refractivity contribution is -0.349. The third-order valence-electron chi connectivity index (χ3n) is 13.6. The van der Waals surface area contributed by atoms with Gasteiger partial charge in [-0.3, -0.25) is 19.2 Å². The van der Waals surface area contributed by atoms with Crippen molar-refractivity contribution in [3.05, 3.63) is 0 Å². The molecule has 1 unspecified atom stereocenters. The molecule has 1 heterocycles. The summed E-state index contributed by atoms with van der Waals surface area (Å²) in [4.78, 5) is 54.0. The zero-order valence-electron chi connectivity index (χ0n) is 45.4. The van der Waals surface area contributed by atoms with Gasteiger partial charge in [0.15, 0.2) is 24.6 Å². The molecule has 1 aliphatic rings. The number of ether oxygens (including phenoxy) is 6. The molecule has 1 fully saturated rings. The van der Waals surface area contributed by atoms with Crippen LogP contribution < -0.4 is 0 Å². The first kappa shape index (κ1) is 67.6. The standard InChI is InChI=1S/C56H104O16/c1-5-9-13-15-17-19-21-23-25-27-29-31-35-39-47(61)70-53-52(69-46(60)38-34-12-8-4)44(42-67-45(59)37-33-11-7-3)68-56(72-55(66)51(65)50(64)49(63)43(58)41-57)54(53)71-48(62)40-36-32-30-28-26-24-22-20-18-16-14-10-6-2/h43-44,49-58,63-66H,5-42H2,1-4H3/t43-,44-,49-,50+,51+,52-,53+,54+,55?,56-/m1/s1. The Morgan fingerprint density at radius 1 is 0.403 bits per heavy atom. The fraction of sp³-hybridized carbons (Fsp3) is 0.929. The van der Waals surface area contributed by atoms with Gasteiger partial charge >= 0.3 is 23.9 Å². The molecule has 16 heteroatoms. The highest BCUT2D eigenvalue weighted by Crippen LogP contribution is 2.32. The maximum atomic E-state index is 13.8. The van der Waals surface area contributed by atoms with Crippen molar-refractivity contribution in [1.29, 1.82) is 0 Å². The van der Waals surface area contributed by atoms with E-state index in [-0.39, 0.29) is 25.7 Å². The maximum Gasteiger partial charge on any atom is 0.306 e. The molecule has 0 saturated carbocycles. The van der Waals surface area contributed by atoms with Gasteiger partial charge in [0.25, 0.3) is 0 Å². The minimum atomic E-state index is -2.40. The van der Waals surface area contributed by atoms with E-state index in [1.54, 1.807) is 0 Å². The molecule has 0 aromatic heterocycles. The average molecular weight is 1030 g/mol. The van der Waals surface area contributed by atoms with Gasteiger partial charge in [-0.2, -0.15) is 0 Å². The van der Waals surface area contributed by atoms with Crippen molar-refractivity contribution in [2.45, 2.75) is 320 Å². The van der Waals surface area contributed by atoms with E-state index in [4.69, 9.17) is 28.4 Å². The number of aliphatic hydroxyl groups excluding tert-OH is 6. The molecule has 1 rings (SSSR count). The molecule has 1 saturated heterocycles. The first-order chi connectivity index (χ1) is 34.8. The van der Waals surface area contributed by atoms with E-state index in [0.29, 0.717) is 25.7 Å². The van der Waals surface area contributed by atoms with Crippen LogP contribution in [0.5, 0.6) is 0 Å². The predicted molar refractivity (Wildman–Crippen MR) is 276 cm³/mol. The van der Waals surface area contributed by atoms with Gasteiger partial charge in [0.1, 0.15) is 37.1 Å². The van der Waals surface area contributed by atoms with Crippen LogP contribution >= 0.6 is 0 Å². The van der Waals surface area contributed by atoms with Crippen molar-refractivity contribution in [3.63, 3.8) is 0 Å². The van der Waals surface area contributed by atoms with E-state index in [0.717, 1.165) is 77.0 Å². The second-order valence-corrected chi connectivity index (χ2v) is 20.2. The topological polar surface area (TPSA) is 245 Å². The van der Waals surface area contributed by atoms with Crippen molar-refractivity contribution >= 4 is 23.9 Å². The van der Waals surface area contributed by atoms with Crippen LogP contribution in [0.1, 0.15) is 259 Å². The number of unbranched alkanes of at least 4 members (excludes halogenated alkanes) is 28. The highest BCUT2D eigenvalue weighted by atomic mass is 16.8. The fourth-order valence-electron chi connectivity index (χ4n) is 8.94. The minimum absolute atomic E-state index is 0.00172. The van der Waals surface area contributed by atoms with E-state index in [1.165, 1.54) is 103 Å². The summed E-state index contributed by atoms with van der Waals surface area (Å²) in [7, 11) is 0. The van der Waals surface area contributed by atoms with E-state index < -0.39 is 98.5 Å². The Morgan fingerprint density at radius 3 is 1.11 bits per heavy atom. The Bertz CT molecular complexity index is 1340. The van der Waals surface area contributed by atoms with Gasteiger partial charge in [-0.1, -0.05) is 207 Å². The Kier molecular flexibility index (Phi) is 42.1. The fourth-order valence-corrected chi connectivity index (χ4v) is 8.94. The molecule has 1 aliphatic heterocycles. The second kappa shape index (κ2) is 44.8. The molecule has 0 aliphatic carbocycles. The van der Waals surface area contributed by atoms with Gasteiger partial charge < -0.3 is 59.1 Å². The van der Waals surface area contributed by atoms with Crippen LogP contribution in [0.2, 0.25) is 0 Å². The zero-order chi connectivity index (χ0) is 53.2. The van der Waals surface area contributed by atoms with E-state index >= 15 is 0 Å². The number of carbonyl (C=O) groups excluding carboxylic acids is 4. The SMILES string of the molecule is CCCCCCCCCCCCCCCC(=O)O[C@@H]1[C@H](OC(=O)CCCCCCCCCCCCCCC)[C@@H](OC(O)[C@@H](O)[C@@H](O)[C@H](O)[C@H](O)CO)O[C@H](COC(=O)CCCCC)[C@H]1OC(=O)CCCCC. The molecular formula is C56H104O16. The van der Waals surface area contributed by atoms with Crippen LogP contribution in [0.25, 0.3) is 0 Å². The highest BCUT2D eigenvalue weighted by molar-refractivity contribution is 5.72. The van der Waals surface area contributed by atoms with Crippen molar-refractivity contribution in [2.75, 3.05) is 13.2 Å². The summed E-state index contributed by atoms with van der Waals surface area (Å²) in [5, 5.41) is 62.3. The zero-order valence-corrected chi connectivity index (χ0v) is 45.4. The van der Waals surface area contributed by atoms with Gasteiger partial charge in [0.05, 0.1) is 6.61 Å². The Balaban J connectivity index is 3.37. The predicted octanol–water partition coefficient (Wildman–Crippen LogP) is 9.88. The van der Waals surface area contributed by atoms with Crippen molar-refractivity contribution in [3.8, 4) is 0 Å². The molecule has 0 aromatic rings. The highest BCUT2D eigenvalue weighted by Gasteiger charge is 2.54. The van der Waals surface area contributed by atoms with Crippen LogP contribution in [-0.2, 0) is 47.6 Å². The molecule has 72 heavy (non-hydrogen) atoms. The summed E-state index contributed by atoms with van der Waals surface area (Å²) in [5.41, 5.74) is 0. The summed E-state index contributed by atoms with van der Waals surface area (Å²) >= 11 is 0. The maximum absolute atomic E-state index is 13.8. The van der Waals surface area contributed by atoms with Crippen LogP contribution in [-0.4, -0.2) is 129 Å². The van der Waals surface area contributed by atoms with Crippen LogP contribution in [0.3, 0.4) is 0 Å². The molecule has 16 nitrogen and oxygen atoms in total. The summed E-state index contributed by atoms with van der Waals surface area (Å²) < 4.78 is 35.7. The molecule has 10 atom stereocenters. The lowest BCUT2D eigenvalue weighted by Crippen LogP contribution is -2.64. The van der Waals surface area contributed by atoms with Crippen molar-refractivity contribution in [2.24, 2.45) is 0 Å². The second-order valence-electron chi connectivity index (χ2n) is 20.2. The largest absolute Gasteiger partial charge is 0.463 e. The molecule has 0 amide bonds. The van der Waals surface area contributed by atoms with Crippen LogP contribution in [0.4, 0.5) is 0 Å². The molecule has 0 spiro atoms. The third-order valence-corrected chi connectivity index (χ3v) is 13.6. The number of hydrogen-bond acceptors (Lipinski definition) is 16. The molecular weight excluding hydrogens is 929 g/mol. The minimum Gasteiger partial charge on any atom is -0.463 e. The van der Waals surface area contributed by atoms with E-state index in [2.05, 4.69) is 13.8 Å². The Hall–Kier alpha value is -2.44. The van der Waals surface area contributed by atoms with E-state index in [1.807, 2.05) is 13.8 Å². The monoisotopic (exact) mass is 1030 g/mol. The number of hydrogen-bond donors (Lipinski definition) is 6. The molecule has 6 N–H and O–H groups in total. The van der Waals surface area contributed by atoms with Gasteiger partial charge in [-0.15, -0.1) is 0 Å². The van der Waals surface area contributed by atoms with Crippen molar-refractivity contribution < 1.29 is 78.2 Å². The quantitative estimate of drug-likeness (QED) is 0.0144. The molecule has 0 aromatic carbocycles. The van der Waals surface area contributed by atoms with Gasteiger partial charge in [-0.05, 0) is 25.7 Å². The first-order valence-electron chi connectivity index (χ1n) is 28.9. The lowest BCUT2D eigenvalue weighted by Gasteiger charge is -2.45. The van der Waals surface area contributed by atoms with Crippen LogP contribution in [0, 0.1) is 0 Å². The number of aliphatic hydroxyl groups is 6. The number of carbonyl (C=O) groups is 4. The van der Waals surface area contributed by atoms with Gasteiger partial charge in [0, 0.05) is 25.7 Å². The third kappa shape index (κ3) is 32.1. The summed E-state index contributed by atoms with van der Waals surface area (Å²) in [6.07, 6.45) is 13.8. The first-order valence-corrected chi connectivity index (χ1v) is 28.9. The molecule has 0 bridgehead atoms. The average Bonchev–Trinajstić information content (AvgIpc) is 3.36. The molecule has 0 radical (unpaired) electrons. The van der Waals surface area contributed by atoms with Crippen LogP contribution in [0.15, 0.2) is 0 Å². The lowest BCUT2D eigenvalue weighted by atomic mass is 9.97. The normalized spacial score (nSPS) is 20.1. The van der Waals surface area contributed by atoms with Gasteiger partial charge in [-0.25, -0.2) is 0 Å². The van der Waals surface area contributed by atoms with Gasteiger partial charge in [0.2, 0.25) is 6.29 Å². The summed E-state index contributed by atoms with van der Waals surface area (Å²) in [5.74, 6) is -2.67. The number of rotatable bonds is 48. The smallest absolute Gasteiger partial charge is 0.306 e. The van der Waals surface area contributed by atoms with E-state index in [9.17, 15) is 49.8 Å². The summed E-state index contributed by atoms with van der Waals surface area (Å²) in [6.45, 7) is 6.90.